The highest BCUT2D eigenvalue weighted by atomic mass is 16.5. The molecule has 0 bridgehead atoms. The zero-order chi connectivity index (χ0) is 18.1. The molecule has 1 amide bonds. The number of carboxylic acids is 1. The number of hydrogen-bond acceptors (Lipinski definition) is 6. The number of hydrogen-bond donors (Lipinski definition) is 3. The molecule has 134 valence electrons. The van der Waals surface area contributed by atoms with Crippen LogP contribution in [0.5, 0.6) is 11.5 Å². The Labute approximate surface area is 140 Å². The van der Waals surface area contributed by atoms with E-state index in [4.69, 9.17) is 14.6 Å². The third-order valence-corrected chi connectivity index (χ3v) is 3.19. The molecule has 8 heteroatoms. The summed E-state index contributed by atoms with van der Waals surface area (Å²) in [6.07, 6.45) is -2.52. The van der Waals surface area contributed by atoms with Gasteiger partial charge in [0.15, 0.2) is 17.6 Å². The predicted molar refractivity (Wildman–Crippen MR) is 85.5 cm³/mol. The van der Waals surface area contributed by atoms with Crippen molar-refractivity contribution in [2.24, 2.45) is 0 Å². The van der Waals surface area contributed by atoms with E-state index in [0.717, 1.165) is 7.11 Å². The molecule has 0 aliphatic rings. The second-order valence-electron chi connectivity index (χ2n) is 4.88. The van der Waals surface area contributed by atoms with E-state index in [1.165, 1.54) is 0 Å². The Kier molecular flexibility index (Phi) is 7.84. The van der Waals surface area contributed by atoms with E-state index in [0.29, 0.717) is 30.3 Å². The number of methoxy groups -OCH3 is 1. The molecule has 2 atom stereocenters. The molecule has 0 radical (unpaired) electrons. The fraction of sp³-hybridized carbons (Fsp3) is 0.500. The molecule has 0 aliphatic carbocycles. The molecule has 1 aromatic carbocycles. The fourth-order valence-corrected chi connectivity index (χ4v) is 2.10. The van der Waals surface area contributed by atoms with Gasteiger partial charge in [0.2, 0.25) is 0 Å². The molecule has 3 N–H and O–H groups in total. The minimum atomic E-state index is -1.77. The molecule has 1 rings (SSSR count). The first-order chi connectivity index (χ1) is 11.4. The van der Waals surface area contributed by atoms with Gasteiger partial charge >= 0.3 is 12.1 Å². The number of carboxylic acid groups (broad SMARTS) is 1. The van der Waals surface area contributed by atoms with Crippen LogP contribution in [0.15, 0.2) is 18.2 Å². The van der Waals surface area contributed by atoms with Crippen molar-refractivity contribution in [1.29, 1.82) is 0 Å². The van der Waals surface area contributed by atoms with E-state index in [1.54, 1.807) is 18.2 Å². The Morgan fingerprint density at radius 1 is 1.17 bits per heavy atom. The average molecular weight is 341 g/mol. The standard InChI is InChI=1S/C16H23NO7/c1-4-23-12-7-6-10(9-13(12)24-5-2)8-11(14(18)15(19)20)17-16(21)22-3/h6-7,9,11,14,18H,4-5,8H2,1-3H3,(H,17,21)(H,19,20). The largest absolute Gasteiger partial charge is 0.490 e. The Balaban J connectivity index is 3.01. The van der Waals surface area contributed by atoms with Gasteiger partial charge in [0.25, 0.3) is 0 Å². The second-order valence-corrected chi connectivity index (χ2v) is 4.88. The van der Waals surface area contributed by atoms with E-state index in [2.05, 4.69) is 10.1 Å². The maximum atomic E-state index is 11.4. The SMILES string of the molecule is CCOc1ccc(CC(NC(=O)OC)C(O)C(=O)O)cc1OCC. The summed E-state index contributed by atoms with van der Waals surface area (Å²) in [5.41, 5.74) is 0.670. The smallest absolute Gasteiger partial charge is 0.407 e. The maximum Gasteiger partial charge on any atom is 0.407 e. The normalized spacial score (nSPS) is 12.8. The van der Waals surface area contributed by atoms with Crippen LogP contribution in [-0.4, -0.2) is 54.7 Å². The topological polar surface area (TPSA) is 114 Å². The van der Waals surface area contributed by atoms with Crippen molar-refractivity contribution in [3.8, 4) is 11.5 Å². The van der Waals surface area contributed by atoms with Gasteiger partial charge in [0.05, 0.1) is 26.4 Å². The lowest BCUT2D eigenvalue weighted by atomic mass is 10.0. The molecule has 0 saturated carbocycles. The second kappa shape index (κ2) is 9.61. The summed E-state index contributed by atoms with van der Waals surface area (Å²) < 4.78 is 15.4. The number of ether oxygens (including phenoxy) is 3. The summed E-state index contributed by atoms with van der Waals surface area (Å²) in [5.74, 6) is -0.356. The van der Waals surface area contributed by atoms with Crippen molar-refractivity contribution in [3.05, 3.63) is 23.8 Å². The highest BCUT2D eigenvalue weighted by Crippen LogP contribution is 2.29. The number of carbonyl (C=O) groups is 2. The van der Waals surface area contributed by atoms with E-state index in [-0.39, 0.29) is 6.42 Å². The van der Waals surface area contributed by atoms with Gasteiger partial charge in [-0.05, 0) is 38.0 Å². The van der Waals surface area contributed by atoms with Crippen molar-refractivity contribution in [3.63, 3.8) is 0 Å². The molecule has 8 nitrogen and oxygen atoms in total. The molecule has 0 spiro atoms. The first-order valence-corrected chi connectivity index (χ1v) is 7.56. The third kappa shape index (κ3) is 5.62. The molecule has 2 unspecified atom stereocenters. The van der Waals surface area contributed by atoms with Crippen LogP contribution in [0.25, 0.3) is 0 Å². The number of aliphatic hydroxyl groups excluding tert-OH is 1. The molecular formula is C16H23NO7. The lowest BCUT2D eigenvalue weighted by Gasteiger charge is -2.21. The van der Waals surface area contributed by atoms with Crippen LogP contribution in [0, 0.1) is 0 Å². The molecule has 0 fully saturated rings. The summed E-state index contributed by atoms with van der Waals surface area (Å²) in [4.78, 5) is 22.4. The molecule has 1 aromatic rings. The number of aliphatic hydroxyl groups is 1. The Morgan fingerprint density at radius 3 is 2.33 bits per heavy atom. The predicted octanol–water partition coefficient (Wildman–Crippen LogP) is 1.20. The lowest BCUT2D eigenvalue weighted by Crippen LogP contribution is -2.48. The summed E-state index contributed by atoms with van der Waals surface area (Å²) in [7, 11) is 1.16. The van der Waals surface area contributed by atoms with E-state index in [9.17, 15) is 14.7 Å². The van der Waals surface area contributed by atoms with Crippen LogP contribution in [0.1, 0.15) is 19.4 Å². The molecule has 0 heterocycles. The first kappa shape index (κ1) is 19.6. The van der Waals surface area contributed by atoms with Crippen LogP contribution in [0.2, 0.25) is 0 Å². The molecule has 0 aromatic heterocycles. The van der Waals surface area contributed by atoms with Crippen molar-refractivity contribution in [1.82, 2.24) is 5.32 Å². The van der Waals surface area contributed by atoms with Crippen LogP contribution in [0.4, 0.5) is 4.79 Å². The quantitative estimate of drug-likeness (QED) is 0.618. The maximum absolute atomic E-state index is 11.4. The van der Waals surface area contributed by atoms with Gasteiger partial charge in [-0.2, -0.15) is 0 Å². The zero-order valence-electron chi connectivity index (χ0n) is 13.9. The van der Waals surface area contributed by atoms with E-state index in [1.807, 2.05) is 13.8 Å². The number of aliphatic carboxylic acids is 1. The number of benzene rings is 1. The van der Waals surface area contributed by atoms with Crippen molar-refractivity contribution < 1.29 is 34.0 Å². The Morgan fingerprint density at radius 2 is 1.79 bits per heavy atom. The molecule has 24 heavy (non-hydrogen) atoms. The minimum absolute atomic E-state index is 0.0784. The molecule has 0 saturated heterocycles. The highest BCUT2D eigenvalue weighted by molar-refractivity contribution is 5.75. The Hall–Kier alpha value is -2.48. The number of alkyl carbamates (subject to hydrolysis) is 1. The summed E-state index contributed by atoms with van der Waals surface area (Å²) in [5, 5.41) is 21.1. The Bertz CT molecular complexity index is 561. The van der Waals surface area contributed by atoms with E-state index < -0.39 is 24.2 Å². The summed E-state index contributed by atoms with van der Waals surface area (Å²) in [6.45, 7) is 4.59. The van der Waals surface area contributed by atoms with Crippen LogP contribution >= 0.6 is 0 Å². The van der Waals surface area contributed by atoms with Crippen molar-refractivity contribution in [2.75, 3.05) is 20.3 Å². The number of amides is 1. The monoisotopic (exact) mass is 341 g/mol. The molecule has 0 aliphatic heterocycles. The van der Waals surface area contributed by atoms with Crippen molar-refractivity contribution in [2.45, 2.75) is 32.4 Å². The van der Waals surface area contributed by atoms with Crippen LogP contribution in [-0.2, 0) is 16.0 Å². The lowest BCUT2D eigenvalue weighted by molar-refractivity contribution is -0.148. The van der Waals surface area contributed by atoms with Gasteiger partial charge in [-0.3, -0.25) is 0 Å². The highest BCUT2D eigenvalue weighted by Gasteiger charge is 2.28. The van der Waals surface area contributed by atoms with Gasteiger partial charge < -0.3 is 29.7 Å². The average Bonchev–Trinajstić information content (AvgIpc) is 2.56. The number of nitrogens with one attached hydrogen (secondary N) is 1. The fourth-order valence-electron chi connectivity index (χ4n) is 2.10. The van der Waals surface area contributed by atoms with E-state index >= 15 is 0 Å². The van der Waals surface area contributed by atoms with Gasteiger partial charge in [-0.15, -0.1) is 0 Å². The minimum Gasteiger partial charge on any atom is -0.490 e. The van der Waals surface area contributed by atoms with Gasteiger partial charge in [-0.1, -0.05) is 6.07 Å². The van der Waals surface area contributed by atoms with Crippen LogP contribution < -0.4 is 14.8 Å². The first-order valence-electron chi connectivity index (χ1n) is 7.56. The van der Waals surface area contributed by atoms with Gasteiger partial charge in [-0.25, -0.2) is 9.59 Å². The number of rotatable bonds is 9. The zero-order valence-corrected chi connectivity index (χ0v) is 13.9. The third-order valence-electron chi connectivity index (χ3n) is 3.19. The number of carbonyl (C=O) groups excluding carboxylic acids is 1. The summed E-state index contributed by atoms with van der Waals surface area (Å²) >= 11 is 0. The van der Waals surface area contributed by atoms with Gasteiger partial charge in [0.1, 0.15) is 0 Å². The van der Waals surface area contributed by atoms with Crippen LogP contribution in [0.3, 0.4) is 0 Å². The molecular weight excluding hydrogens is 318 g/mol. The summed E-state index contributed by atoms with van der Waals surface area (Å²) in [6, 6.07) is 4.05. The van der Waals surface area contributed by atoms with Gasteiger partial charge in [0, 0.05) is 0 Å². The van der Waals surface area contributed by atoms with Crippen molar-refractivity contribution >= 4 is 12.1 Å².